The smallest absolute Gasteiger partial charge is 0.319 e. The van der Waals surface area contributed by atoms with E-state index in [0.717, 1.165) is 23.1 Å². The van der Waals surface area contributed by atoms with Crippen molar-refractivity contribution in [3.8, 4) is 0 Å². The van der Waals surface area contributed by atoms with Crippen molar-refractivity contribution in [1.82, 2.24) is 5.32 Å². The zero-order chi connectivity index (χ0) is 24.1. The van der Waals surface area contributed by atoms with E-state index in [-0.39, 0.29) is 18.0 Å². The number of urea groups is 1. The number of aliphatic imine (C=N–C) groups is 1. The van der Waals surface area contributed by atoms with Gasteiger partial charge < -0.3 is 16.0 Å². The molecular weight excluding hydrogens is 448 g/mol. The Morgan fingerprint density at radius 3 is 2.50 bits per heavy atom. The number of benzodiazepines with no additional fused rings is 1. The Balaban J connectivity index is 1.64. The standard InChI is InChI=1S/C27H27ClN4O2/c1-17(2)29-27(34)30-21-12-9-19(10-13-21)25-22-16-20(28)11-15-23(22)32-26(33)24(31-25)14-8-18-6-4-3-5-7-18/h3-7,9-13,15-17,24H,8,14H2,1-2H3,(H,32,33)(H2,29,30,34). The first-order valence-corrected chi connectivity index (χ1v) is 11.7. The second-order valence-corrected chi connectivity index (χ2v) is 8.96. The average Bonchev–Trinajstić information content (AvgIpc) is 2.94. The summed E-state index contributed by atoms with van der Waals surface area (Å²) < 4.78 is 0. The van der Waals surface area contributed by atoms with Crippen molar-refractivity contribution in [2.24, 2.45) is 4.99 Å². The molecule has 4 rings (SSSR count). The van der Waals surface area contributed by atoms with Gasteiger partial charge >= 0.3 is 6.03 Å². The van der Waals surface area contributed by atoms with Gasteiger partial charge in [-0.3, -0.25) is 9.79 Å². The van der Waals surface area contributed by atoms with E-state index < -0.39 is 6.04 Å². The van der Waals surface area contributed by atoms with Gasteiger partial charge in [-0.25, -0.2) is 4.79 Å². The molecular formula is C27H27ClN4O2. The third-order valence-corrected chi connectivity index (χ3v) is 5.70. The van der Waals surface area contributed by atoms with Crippen LogP contribution in [0, 0.1) is 0 Å². The fourth-order valence-electron chi connectivity index (χ4n) is 3.84. The second-order valence-electron chi connectivity index (χ2n) is 8.53. The highest BCUT2D eigenvalue weighted by atomic mass is 35.5. The summed E-state index contributed by atoms with van der Waals surface area (Å²) in [5.41, 5.74) is 4.78. The van der Waals surface area contributed by atoms with Crippen molar-refractivity contribution < 1.29 is 9.59 Å². The van der Waals surface area contributed by atoms with E-state index in [1.54, 1.807) is 12.1 Å². The fourth-order valence-corrected chi connectivity index (χ4v) is 4.01. The lowest BCUT2D eigenvalue weighted by atomic mass is 10.00. The van der Waals surface area contributed by atoms with Crippen LogP contribution in [0.3, 0.4) is 0 Å². The molecule has 0 saturated heterocycles. The lowest BCUT2D eigenvalue weighted by molar-refractivity contribution is -0.117. The number of aryl methyl sites for hydroxylation is 1. The minimum atomic E-state index is -0.545. The normalized spacial score (nSPS) is 15.1. The molecule has 3 aromatic carbocycles. The van der Waals surface area contributed by atoms with Gasteiger partial charge in [0, 0.05) is 27.9 Å². The first kappa shape index (κ1) is 23.5. The Labute approximate surface area is 204 Å². The van der Waals surface area contributed by atoms with Gasteiger partial charge in [-0.2, -0.15) is 0 Å². The number of hydrogen-bond donors (Lipinski definition) is 3. The first-order valence-electron chi connectivity index (χ1n) is 11.3. The minimum Gasteiger partial charge on any atom is -0.336 e. The lowest BCUT2D eigenvalue weighted by Crippen LogP contribution is -2.34. The number of halogens is 1. The molecule has 0 bridgehead atoms. The molecule has 0 aliphatic carbocycles. The van der Waals surface area contributed by atoms with Gasteiger partial charge in [-0.15, -0.1) is 0 Å². The number of nitrogens with one attached hydrogen (secondary N) is 3. The quantitative estimate of drug-likeness (QED) is 0.430. The molecule has 1 aliphatic heterocycles. The van der Waals surface area contributed by atoms with E-state index in [1.807, 2.05) is 62.4 Å². The number of fused-ring (bicyclic) bond motifs is 1. The van der Waals surface area contributed by atoms with E-state index in [2.05, 4.69) is 28.1 Å². The first-order chi connectivity index (χ1) is 16.4. The van der Waals surface area contributed by atoms with Gasteiger partial charge in [0.25, 0.3) is 0 Å². The Morgan fingerprint density at radius 1 is 1.06 bits per heavy atom. The molecule has 0 fully saturated rings. The number of carbonyl (C=O) groups excluding carboxylic acids is 2. The molecule has 0 radical (unpaired) electrons. The summed E-state index contributed by atoms with van der Waals surface area (Å²) in [5, 5.41) is 9.20. The lowest BCUT2D eigenvalue weighted by Gasteiger charge is -2.13. The number of amides is 3. The van der Waals surface area contributed by atoms with Crippen LogP contribution in [0.2, 0.25) is 5.02 Å². The third kappa shape index (κ3) is 5.83. The Morgan fingerprint density at radius 2 is 1.79 bits per heavy atom. The molecule has 0 saturated carbocycles. The molecule has 7 heteroatoms. The van der Waals surface area contributed by atoms with Gasteiger partial charge in [0.15, 0.2) is 0 Å². The number of rotatable bonds is 6. The molecule has 34 heavy (non-hydrogen) atoms. The van der Waals surface area contributed by atoms with Gasteiger partial charge in [-0.1, -0.05) is 54.1 Å². The number of benzene rings is 3. The van der Waals surface area contributed by atoms with Crippen LogP contribution < -0.4 is 16.0 Å². The molecule has 1 aliphatic rings. The Bertz CT molecular complexity index is 1210. The third-order valence-electron chi connectivity index (χ3n) is 5.47. The predicted octanol–water partition coefficient (Wildman–Crippen LogP) is 5.66. The van der Waals surface area contributed by atoms with Crippen molar-refractivity contribution in [2.45, 2.75) is 38.8 Å². The van der Waals surface area contributed by atoms with Crippen molar-refractivity contribution in [3.63, 3.8) is 0 Å². The molecule has 3 amide bonds. The van der Waals surface area contributed by atoms with Crippen molar-refractivity contribution in [2.75, 3.05) is 10.6 Å². The fraction of sp³-hybridized carbons (Fsp3) is 0.222. The highest BCUT2D eigenvalue weighted by Gasteiger charge is 2.26. The van der Waals surface area contributed by atoms with Crippen molar-refractivity contribution >= 4 is 40.6 Å². The highest BCUT2D eigenvalue weighted by Crippen LogP contribution is 2.28. The van der Waals surface area contributed by atoms with Gasteiger partial charge in [0.2, 0.25) is 5.91 Å². The number of nitrogens with zero attached hydrogens (tertiary/aromatic N) is 1. The Hall–Kier alpha value is -3.64. The average molecular weight is 475 g/mol. The minimum absolute atomic E-state index is 0.0405. The van der Waals surface area contributed by atoms with Gasteiger partial charge in [0.05, 0.1) is 11.4 Å². The SMILES string of the molecule is CC(C)NC(=O)Nc1ccc(C2=NC(CCc3ccccc3)C(=O)Nc3ccc(Cl)cc32)cc1. The van der Waals surface area contributed by atoms with E-state index in [1.165, 1.54) is 0 Å². The number of anilines is 2. The summed E-state index contributed by atoms with van der Waals surface area (Å²) in [5.74, 6) is -0.141. The molecule has 3 aromatic rings. The zero-order valence-electron chi connectivity index (χ0n) is 19.1. The second kappa shape index (κ2) is 10.5. The maximum Gasteiger partial charge on any atom is 0.319 e. The molecule has 0 aromatic heterocycles. The zero-order valence-corrected chi connectivity index (χ0v) is 19.9. The van der Waals surface area contributed by atoms with Crippen LogP contribution in [0.1, 0.15) is 37.0 Å². The van der Waals surface area contributed by atoms with Crippen LogP contribution in [-0.2, 0) is 11.2 Å². The highest BCUT2D eigenvalue weighted by molar-refractivity contribution is 6.32. The summed E-state index contributed by atoms with van der Waals surface area (Å²) in [6, 6.07) is 22.1. The van der Waals surface area contributed by atoms with Crippen LogP contribution in [0.15, 0.2) is 77.8 Å². The molecule has 6 nitrogen and oxygen atoms in total. The summed E-state index contributed by atoms with van der Waals surface area (Å²) >= 11 is 6.30. The van der Waals surface area contributed by atoms with E-state index in [9.17, 15) is 9.59 Å². The molecule has 0 spiro atoms. The number of carbonyl (C=O) groups is 2. The van der Waals surface area contributed by atoms with Crippen LogP contribution >= 0.6 is 11.6 Å². The molecule has 3 N–H and O–H groups in total. The molecule has 1 unspecified atom stereocenters. The number of hydrogen-bond acceptors (Lipinski definition) is 3. The summed E-state index contributed by atoms with van der Waals surface area (Å²) in [4.78, 5) is 29.9. The van der Waals surface area contributed by atoms with Crippen molar-refractivity contribution in [3.05, 3.63) is 94.5 Å². The summed E-state index contributed by atoms with van der Waals surface area (Å²) in [6.45, 7) is 3.80. The van der Waals surface area contributed by atoms with E-state index >= 15 is 0 Å². The maximum absolute atomic E-state index is 13.0. The summed E-state index contributed by atoms with van der Waals surface area (Å²) in [6.07, 6.45) is 1.32. The van der Waals surface area contributed by atoms with Crippen molar-refractivity contribution in [1.29, 1.82) is 0 Å². The molecule has 1 heterocycles. The maximum atomic E-state index is 13.0. The van der Waals surface area contributed by atoms with Crippen LogP contribution in [-0.4, -0.2) is 29.7 Å². The predicted molar refractivity (Wildman–Crippen MR) is 138 cm³/mol. The van der Waals surface area contributed by atoms with Crippen LogP contribution in [0.4, 0.5) is 16.2 Å². The summed E-state index contributed by atoms with van der Waals surface area (Å²) in [7, 11) is 0. The molecule has 1 atom stereocenters. The van der Waals surface area contributed by atoms with Gasteiger partial charge in [-0.05, 0) is 62.6 Å². The van der Waals surface area contributed by atoms with Crippen LogP contribution in [0.25, 0.3) is 0 Å². The molecule has 174 valence electrons. The topological polar surface area (TPSA) is 82.6 Å². The van der Waals surface area contributed by atoms with Crippen LogP contribution in [0.5, 0.6) is 0 Å². The largest absolute Gasteiger partial charge is 0.336 e. The Kier molecular flexibility index (Phi) is 7.28. The monoisotopic (exact) mass is 474 g/mol. The van der Waals surface area contributed by atoms with E-state index in [4.69, 9.17) is 16.6 Å². The van der Waals surface area contributed by atoms with E-state index in [0.29, 0.717) is 28.5 Å². The van der Waals surface area contributed by atoms with Gasteiger partial charge in [0.1, 0.15) is 6.04 Å².